The molecule has 0 N–H and O–H groups in total. The molecule has 11 heteroatoms. The molecular weight excluding hydrogens is 582 g/mol. The Morgan fingerprint density at radius 1 is 1.16 bits per heavy atom. The lowest BCUT2D eigenvalue weighted by Gasteiger charge is -2.30. The third kappa shape index (κ3) is 5.95. The molecule has 1 aliphatic carbocycles. The first kappa shape index (κ1) is 31.6. The number of oxazole rings is 1. The number of para-hydroxylation sites is 1. The minimum absolute atomic E-state index is 0.0415. The van der Waals surface area contributed by atoms with Gasteiger partial charge in [-0.1, -0.05) is 32.0 Å². The lowest BCUT2D eigenvalue weighted by atomic mass is 9.91. The Morgan fingerprint density at radius 3 is 2.50 bits per heavy atom. The molecule has 44 heavy (non-hydrogen) atoms. The highest BCUT2D eigenvalue weighted by Crippen LogP contribution is 2.38. The predicted octanol–water partition coefficient (Wildman–Crippen LogP) is 5.82. The summed E-state index contributed by atoms with van der Waals surface area (Å²) in [5.74, 6) is 0.993. The number of carbonyl (C=O) groups is 2. The number of nitrogens with zero attached hydrogens (tertiary/aromatic N) is 3. The Morgan fingerprint density at radius 2 is 1.86 bits per heavy atom. The summed E-state index contributed by atoms with van der Waals surface area (Å²) in [6.07, 6.45) is 4.39. The third-order valence-corrected chi connectivity index (χ3v) is 9.66. The number of aryl methyl sites for hydroxylation is 1. The van der Waals surface area contributed by atoms with Gasteiger partial charge in [0.25, 0.3) is 5.56 Å². The van der Waals surface area contributed by atoms with Gasteiger partial charge in [-0.2, -0.15) is 0 Å². The Kier molecular flexibility index (Phi) is 9.08. The molecule has 1 saturated carbocycles. The molecule has 0 unspecified atom stereocenters. The van der Waals surface area contributed by atoms with Gasteiger partial charge < -0.3 is 13.9 Å². The number of hydrogen-bond donors (Lipinski definition) is 0. The molecule has 0 spiro atoms. The van der Waals surface area contributed by atoms with Crippen molar-refractivity contribution in [3.05, 3.63) is 68.7 Å². The van der Waals surface area contributed by atoms with Gasteiger partial charge in [-0.25, -0.2) is 14.3 Å². The highest BCUT2D eigenvalue weighted by molar-refractivity contribution is 7.22. The van der Waals surface area contributed by atoms with Crippen LogP contribution < -0.4 is 16.0 Å². The molecule has 0 aliphatic heterocycles. The van der Waals surface area contributed by atoms with E-state index in [1.165, 1.54) is 28.4 Å². The minimum atomic E-state index is -1.41. The van der Waals surface area contributed by atoms with Gasteiger partial charge in [-0.3, -0.25) is 19.0 Å². The van der Waals surface area contributed by atoms with Gasteiger partial charge in [0.15, 0.2) is 5.78 Å². The van der Waals surface area contributed by atoms with E-state index in [1.807, 2.05) is 38.1 Å². The van der Waals surface area contributed by atoms with E-state index in [1.54, 1.807) is 27.9 Å². The summed E-state index contributed by atoms with van der Waals surface area (Å²) < 4.78 is 20.6. The summed E-state index contributed by atoms with van der Waals surface area (Å²) in [4.78, 5) is 59.6. The van der Waals surface area contributed by atoms with E-state index in [4.69, 9.17) is 13.9 Å². The van der Waals surface area contributed by atoms with Crippen molar-refractivity contribution in [2.45, 2.75) is 91.0 Å². The Balaban J connectivity index is 1.74. The molecule has 234 valence electrons. The van der Waals surface area contributed by atoms with Gasteiger partial charge >= 0.3 is 5.69 Å². The fraction of sp³-hybridized carbons (Fsp3) is 0.485. The number of fused-ring (bicyclic) bond motifs is 1. The molecule has 0 saturated heterocycles. The van der Waals surface area contributed by atoms with Crippen LogP contribution in [0.4, 0.5) is 0 Å². The first-order valence-electron chi connectivity index (χ1n) is 15.0. The highest BCUT2D eigenvalue weighted by Gasteiger charge is 2.36. The first-order chi connectivity index (χ1) is 20.9. The molecule has 1 atom stereocenters. The Bertz CT molecular complexity index is 1790. The zero-order valence-electron chi connectivity index (χ0n) is 26.0. The minimum Gasteiger partial charge on any atom is -0.496 e. The quantitative estimate of drug-likeness (QED) is 0.205. The van der Waals surface area contributed by atoms with E-state index < -0.39 is 22.9 Å². The van der Waals surface area contributed by atoms with E-state index in [0.29, 0.717) is 58.0 Å². The largest absolute Gasteiger partial charge is 0.496 e. The molecule has 10 nitrogen and oxygen atoms in total. The van der Waals surface area contributed by atoms with Crippen molar-refractivity contribution >= 4 is 33.1 Å². The molecule has 0 amide bonds. The summed E-state index contributed by atoms with van der Waals surface area (Å²) >= 11 is 1.25. The molecular formula is C33H39N3O7S. The fourth-order valence-electron chi connectivity index (χ4n) is 5.88. The maximum atomic E-state index is 14.5. The summed E-state index contributed by atoms with van der Waals surface area (Å²) in [6.45, 7) is 8.95. The van der Waals surface area contributed by atoms with E-state index in [0.717, 1.165) is 10.1 Å². The molecule has 1 fully saturated rings. The Labute approximate surface area is 259 Å². The lowest BCUT2D eigenvalue weighted by Crippen LogP contribution is -2.53. The van der Waals surface area contributed by atoms with Crippen molar-refractivity contribution in [3.8, 4) is 16.5 Å². The fourth-order valence-corrected chi connectivity index (χ4v) is 7.12. The molecule has 4 aromatic rings. The smallest absolute Gasteiger partial charge is 0.333 e. The number of hydrogen-bond acceptors (Lipinski definition) is 9. The van der Waals surface area contributed by atoms with Gasteiger partial charge in [0.1, 0.15) is 34.3 Å². The van der Waals surface area contributed by atoms with Crippen LogP contribution >= 0.6 is 11.3 Å². The SMILES string of the molecule is COc1ccccc1[C@H](Cn1c(=O)n(C(C)(C)C(=O)CC(C)C)c(=O)c2c(C)c(-c3ncco3)sc21)OC1CCC(=O)CC1. The van der Waals surface area contributed by atoms with Crippen LogP contribution in [0.15, 0.2) is 50.7 Å². The molecule has 3 heterocycles. The Hall–Kier alpha value is -3.83. The van der Waals surface area contributed by atoms with Gasteiger partial charge in [0.2, 0.25) is 5.89 Å². The third-order valence-electron chi connectivity index (χ3n) is 8.36. The average molecular weight is 622 g/mol. The van der Waals surface area contributed by atoms with Gasteiger partial charge in [0, 0.05) is 24.8 Å². The second-order valence-corrected chi connectivity index (χ2v) is 13.3. The van der Waals surface area contributed by atoms with Crippen molar-refractivity contribution in [1.82, 2.24) is 14.1 Å². The molecule has 1 aliphatic rings. The number of Topliss-reactive ketones (excluding diaryl/α,β-unsaturated/α-hetero) is 2. The maximum absolute atomic E-state index is 14.5. The van der Waals surface area contributed by atoms with Crippen molar-refractivity contribution in [2.75, 3.05) is 7.11 Å². The van der Waals surface area contributed by atoms with Crippen molar-refractivity contribution in [3.63, 3.8) is 0 Å². The van der Waals surface area contributed by atoms with Crippen LogP contribution in [0, 0.1) is 12.8 Å². The van der Waals surface area contributed by atoms with Crippen molar-refractivity contribution in [1.29, 1.82) is 0 Å². The molecule has 3 aromatic heterocycles. The van der Waals surface area contributed by atoms with Crippen LogP contribution in [-0.4, -0.2) is 38.9 Å². The molecule has 0 radical (unpaired) electrons. The van der Waals surface area contributed by atoms with Gasteiger partial charge in [0.05, 0.1) is 36.2 Å². The number of methoxy groups -OCH3 is 1. The van der Waals surface area contributed by atoms with Gasteiger partial charge in [-0.05, 0) is 51.2 Å². The zero-order chi connectivity index (χ0) is 31.8. The van der Waals surface area contributed by atoms with Crippen LogP contribution in [0.1, 0.15) is 77.0 Å². The van der Waals surface area contributed by atoms with Crippen LogP contribution in [0.25, 0.3) is 21.0 Å². The summed E-state index contributed by atoms with van der Waals surface area (Å²) in [5.41, 5.74) is -1.19. The number of rotatable bonds is 11. The second kappa shape index (κ2) is 12.6. The zero-order valence-corrected chi connectivity index (χ0v) is 26.9. The number of carbonyl (C=O) groups excluding carboxylic acids is 2. The number of aromatic nitrogens is 3. The van der Waals surface area contributed by atoms with Crippen molar-refractivity contribution < 1.29 is 23.5 Å². The van der Waals surface area contributed by atoms with E-state index in [-0.39, 0.29) is 36.6 Å². The number of thiophene rings is 1. The molecule has 5 rings (SSSR count). The topological polar surface area (TPSA) is 123 Å². The van der Waals surface area contributed by atoms with Crippen LogP contribution in [-0.2, 0) is 26.4 Å². The monoisotopic (exact) mass is 621 g/mol. The van der Waals surface area contributed by atoms with Crippen LogP contribution in [0.5, 0.6) is 5.75 Å². The summed E-state index contributed by atoms with van der Waals surface area (Å²) in [7, 11) is 1.58. The van der Waals surface area contributed by atoms with E-state index in [2.05, 4.69) is 4.98 Å². The number of ether oxygens (including phenoxy) is 2. The maximum Gasteiger partial charge on any atom is 0.333 e. The number of benzene rings is 1. The summed E-state index contributed by atoms with van der Waals surface area (Å²) in [6, 6.07) is 7.46. The first-order valence-corrected chi connectivity index (χ1v) is 15.8. The highest BCUT2D eigenvalue weighted by atomic mass is 32.1. The molecule has 1 aromatic carbocycles. The van der Waals surface area contributed by atoms with Crippen LogP contribution in [0.2, 0.25) is 0 Å². The van der Waals surface area contributed by atoms with Crippen molar-refractivity contribution in [2.24, 2.45) is 5.92 Å². The standard InChI is InChI=1S/C33H39N3O7S/c1-19(2)17-26(38)33(4,5)36-30(39)27-20(3)28(29-34-15-16-42-29)44-31(27)35(32(36)40)18-25(23-9-7-8-10-24(23)41-6)43-22-13-11-21(37)12-14-22/h7-10,15-16,19,22,25H,11-14,17-18H2,1-6H3/t25-/m0/s1. The van der Waals surface area contributed by atoms with E-state index >= 15 is 0 Å². The number of ketones is 2. The van der Waals surface area contributed by atoms with Gasteiger partial charge in [-0.15, -0.1) is 11.3 Å². The normalized spacial score (nSPS) is 15.3. The predicted molar refractivity (Wildman–Crippen MR) is 168 cm³/mol. The second-order valence-electron chi connectivity index (χ2n) is 12.3. The van der Waals surface area contributed by atoms with Crippen LogP contribution in [0.3, 0.4) is 0 Å². The molecule has 0 bridgehead atoms. The lowest BCUT2D eigenvalue weighted by molar-refractivity contribution is -0.127. The summed E-state index contributed by atoms with van der Waals surface area (Å²) in [5, 5.41) is 0.329. The van der Waals surface area contributed by atoms with E-state index in [9.17, 15) is 19.2 Å². The average Bonchev–Trinajstić information content (AvgIpc) is 3.63.